The Morgan fingerprint density at radius 1 is 1.06 bits per heavy atom. The third-order valence-electron chi connectivity index (χ3n) is 7.23. The number of morpholine rings is 1. The number of hydrogen-bond donors (Lipinski definition) is 1. The number of methoxy groups -OCH3 is 1. The third kappa shape index (κ3) is 4.80. The van der Waals surface area contributed by atoms with Crippen molar-refractivity contribution in [2.24, 2.45) is 5.92 Å². The third-order valence-corrected chi connectivity index (χ3v) is 7.23. The van der Waals surface area contributed by atoms with Crippen LogP contribution in [0.2, 0.25) is 0 Å². The van der Waals surface area contributed by atoms with Gasteiger partial charge in [0.05, 0.1) is 32.3 Å². The Hall–Kier alpha value is -2.77. The molecular formula is C26H34N4O3. The lowest BCUT2D eigenvalue weighted by Crippen LogP contribution is -2.61. The smallest absolute Gasteiger partial charge is 0.225 e. The number of amides is 1. The molecule has 2 aromatic carbocycles. The van der Waals surface area contributed by atoms with Crippen LogP contribution in [-0.2, 0) is 16.0 Å². The van der Waals surface area contributed by atoms with E-state index in [-0.39, 0.29) is 17.9 Å². The summed E-state index contributed by atoms with van der Waals surface area (Å²) in [6.07, 6.45) is 0.789. The van der Waals surface area contributed by atoms with E-state index in [1.54, 1.807) is 7.11 Å². The Morgan fingerprint density at radius 3 is 2.64 bits per heavy atom. The van der Waals surface area contributed by atoms with E-state index in [1.807, 2.05) is 12.1 Å². The lowest BCUT2D eigenvalue weighted by Gasteiger charge is -2.49. The fourth-order valence-electron chi connectivity index (χ4n) is 5.38. The standard InChI is InChI=1S/C26H34N4O3/c1-32-22-8-6-21(7-9-22)29-12-13-30-24-5-3-2-4-20(24)18-23(25(30)19-29)26(31)27-10-11-28-14-16-33-17-15-28/h2-9,23,25H,10-19H2,1H3,(H,27,31). The van der Waals surface area contributed by atoms with E-state index in [0.717, 1.165) is 64.7 Å². The summed E-state index contributed by atoms with van der Waals surface area (Å²) in [5, 5.41) is 3.25. The molecule has 2 fully saturated rings. The molecule has 5 rings (SSSR count). The maximum atomic E-state index is 13.4. The van der Waals surface area contributed by atoms with Gasteiger partial charge in [0.2, 0.25) is 5.91 Å². The van der Waals surface area contributed by atoms with Gasteiger partial charge in [-0.3, -0.25) is 9.69 Å². The molecule has 1 amide bonds. The SMILES string of the molecule is COc1ccc(N2CCN3c4ccccc4CC(C(=O)NCCN4CCOCC4)C3C2)cc1. The quantitative estimate of drug-likeness (QED) is 0.727. The van der Waals surface area contributed by atoms with Crippen molar-refractivity contribution in [3.63, 3.8) is 0 Å². The number of piperazine rings is 1. The van der Waals surface area contributed by atoms with Gasteiger partial charge in [-0.05, 0) is 42.3 Å². The Balaban J connectivity index is 1.30. The Labute approximate surface area is 196 Å². The van der Waals surface area contributed by atoms with Gasteiger partial charge in [-0.1, -0.05) is 18.2 Å². The van der Waals surface area contributed by atoms with Crippen LogP contribution in [0, 0.1) is 5.92 Å². The van der Waals surface area contributed by atoms with Crippen LogP contribution >= 0.6 is 0 Å². The van der Waals surface area contributed by atoms with Gasteiger partial charge in [0.15, 0.2) is 0 Å². The average Bonchev–Trinajstić information content (AvgIpc) is 2.88. The number of benzene rings is 2. The zero-order chi connectivity index (χ0) is 22.6. The molecule has 7 heteroatoms. The fraction of sp³-hybridized carbons (Fsp3) is 0.500. The van der Waals surface area contributed by atoms with Crippen LogP contribution in [0.1, 0.15) is 5.56 Å². The predicted molar refractivity (Wildman–Crippen MR) is 130 cm³/mol. The minimum atomic E-state index is -0.0642. The topological polar surface area (TPSA) is 57.3 Å². The Bertz CT molecular complexity index is 945. The number of nitrogens with one attached hydrogen (secondary N) is 1. The van der Waals surface area contributed by atoms with Crippen molar-refractivity contribution in [1.29, 1.82) is 0 Å². The van der Waals surface area contributed by atoms with Crippen LogP contribution in [0.4, 0.5) is 11.4 Å². The van der Waals surface area contributed by atoms with Gasteiger partial charge in [0, 0.05) is 57.2 Å². The number of anilines is 2. The molecule has 3 aliphatic heterocycles. The van der Waals surface area contributed by atoms with Crippen LogP contribution in [-0.4, -0.2) is 83.0 Å². The van der Waals surface area contributed by atoms with Crippen LogP contribution in [0.15, 0.2) is 48.5 Å². The molecule has 33 heavy (non-hydrogen) atoms. The van der Waals surface area contributed by atoms with E-state index in [2.05, 4.69) is 56.4 Å². The average molecular weight is 451 g/mol. The summed E-state index contributed by atoms with van der Waals surface area (Å²) in [6, 6.07) is 17.0. The number of hydrogen-bond acceptors (Lipinski definition) is 6. The van der Waals surface area contributed by atoms with Gasteiger partial charge < -0.3 is 24.6 Å². The zero-order valence-corrected chi connectivity index (χ0v) is 19.4. The second kappa shape index (κ2) is 10.0. The number of carbonyl (C=O) groups is 1. The normalized spacial score (nSPS) is 22.9. The summed E-state index contributed by atoms with van der Waals surface area (Å²) in [5.41, 5.74) is 3.75. The van der Waals surface area contributed by atoms with E-state index in [4.69, 9.17) is 9.47 Å². The van der Waals surface area contributed by atoms with Crippen molar-refractivity contribution in [2.45, 2.75) is 12.5 Å². The van der Waals surface area contributed by atoms with Crippen molar-refractivity contribution in [1.82, 2.24) is 10.2 Å². The number of carbonyl (C=O) groups excluding carboxylic acids is 1. The number of nitrogens with zero attached hydrogens (tertiary/aromatic N) is 3. The lowest BCUT2D eigenvalue weighted by molar-refractivity contribution is -0.125. The first kappa shape index (κ1) is 22.0. The molecule has 3 heterocycles. The predicted octanol–water partition coefficient (Wildman–Crippen LogP) is 2.01. The molecule has 1 N–H and O–H groups in total. The van der Waals surface area contributed by atoms with Gasteiger partial charge in [-0.15, -0.1) is 0 Å². The number of para-hydroxylation sites is 1. The molecule has 0 radical (unpaired) electrons. The van der Waals surface area contributed by atoms with Crippen LogP contribution in [0.5, 0.6) is 5.75 Å². The Kier molecular flexibility index (Phi) is 6.69. The molecule has 2 atom stereocenters. The van der Waals surface area contributed by atoms with Gasteiger partial charge in [0.25, 0.3) is 0 Å². The van der Waals surface area contributed by atoms with E-state index < -0.39 is 0 Å². The van der Waals surface area contributed by atoms with Gasteiger partial charge in [0.1, 0.15) is 5.75 Å². The van der Waals surface area contributed by atoms with Crippen LogP contribution in [0.3, 0.4) is 0 Å². The molecule has 0 bridgehead atoms. The summed E-state index contributed by atoms with van der Waals surface area (Å²) < 4.78 is 10.7. The second-order valence-corrected chi connectivity index (χ2v) is 9.09. The molecule has 2 unspecified atom stereocenters. The van der Waals surface area contributed by atoms with Crippen molar-refractivity contribution in [3.05, 3.63) is 54.1 Å². The summed E-state index contributed by atoms with van der Waals surface area (Å²) in [5.74, 6) is 0.969. The minimum absolute atomic E-state index is 0.0642. The van der Waals surface area contributed by atoms with Crippen molar-refractivity contribution in [2.75, 3.05) is 75.9 Å². The molecule has 0 saturated carbocycles. The van der Waals surface area contributed by atoms with Gasteiger partial charge >= 0.3 is 0 Å². The number of rotatable bonds is 6. The molecule has 0 spiro atoms. The van der Waals surface area contributed by atoms with Crippen molar-refractivity contribution >= 4 is 17.3 Å². The van der Waals surface area contributed by atoms with E-state index in [1.165, 1.54) is 16.9 Å². The number of ether oxygens (including phenoxy) is 2. The molecular weight excluding hydrogens is 416 g/mol. The Morgan fingerprint density at radius 2 is 1.85 bits per heavy atom. The highest BCUT2D eigenvalue weighted by Gasteiger charge is 2.41. The van der Waals surface area contributed by atoms with Crippen molar-refractivity contribution < 1.29 is 14.3 Å². The molecule has 0 aliphatic carbocycles. The van der Waals surface area contributed by atoms with Crippen LogP contribution in [0.25, 0.3) is 0 Å². The van der Waals surface area contributed by atoms with E-state index >= 15 is 0 Å². The number of fused-ring (bicyclic) bond motifs is 3. The second-order valence-electron chi connectivity index (χ2n) is 9.09. The first-order chi connectivity index (χ1) is 16.2. The van der Waals surface area contributed by atoms with Crippen LogP contribution < -0.4 is 19.9 Å². The maximum absolute atomic E-state index is 13.4. The molecule has 2 saturated heterocycles. The lowest BCUT2D eigenvalue weighted by atomic mass is 9.83. The molecule has 7 nitrogen and oxygen atoms in total. The molecule has 2 aromatic rings. The molecule has 176 valence electrons. The minimum Gasteiger partial charge on any atom is -0.497 e. The largest absolute Gasteiger partial charge is 0.497 e. The molecule has 3 aliphatic rings. The fourth-order valence-corrected chi connectivity index (χ4v) is 5.38. The highest BCUT2D eigenvalue weighted by molar-refractivity contribution is 5.82. The van der Waals surface area contributed by atoms with E-state index in [0.29, 0.717) is 6.54 Å². The molecule has 0 aromatic heterocycles. The van der Waals surface area contributed by atoms with Gasteiger partial charge in [-0.2, -0.15) is 0 Å². The zero-order valence-electron chi connectivity index (χ0n) is 19.4. The highest BCUT2D eigenvalue weighted by Crippen LogP contribution is 2.37. The summed E-state index contributed by atoms with van der Waals surface area (Å²) in [4.78, 5) is 20.6. The first-order valence-corrected chi connectivity index (χ1v) is 12.0. The van der Waals surface area contributed by atoms with Gasteiger partial charge in [-0.25, -0.2) is 0 Å². The summed E-state index contributed by atoms with van der Waals surface area (Å²) in [6.45, 7) is 7.70. The first-order valence-electron chi connectivity index (χ1n) is 12.0. The summed E-state index contributed by atoms with van der Waals surface area (Å²) in [7, 11) is 1.69. The maximum Gasteiger partial charge on any atom is 0.225 e. The van der Waals surface area contributed by atoms with E-state index in [9.17, 15) is 4.79 Å². The summed E-state index contributed by atoms with van der Waals surface area (Å²) >= 11 is 0. The van der Waals surface area contributed by atoms with Crippen molar-refractivity contribution in [3.8, 4) is 5.75 Å². The highest BCUT2D eigenvalue weighted by atomic mass is 16.5. The monoisotopic (exact) mass is 450 g/mol.